The number of carbonyl (C=O) groups excluding carboxylic acids is 2. The molecule has 3 aromatic rings. The number of amides is 2. The molecule has 5 rings (SSSR count). The van der Waals surface area contributed by atoms with E-state index in [2.05, 4.69) is 5.32 Å². The molecule has 164 valence electrons. The molecule has 8 heteroatoms. The molecule has 0 radical (unpaired) electrons. The fraction of sp³-hybridized carbons (Fsp3) is 0.292. The Hall–Kier alpha value is -3.26. The summed E-state index contributed by atoms with van der Waals surface area (Å²) < 4.78 is 7.11. The number of fused-ring (bicyclic) bond motifs is 1. The number of rotatable bonds is 5. The van der Waals surface area contributed by atoms with Gasteiger partial charge in [0.25, 0.3) is 0 Å². The fourth-order valence-corrected chi connectivity index (χ4v) is 5.28. The normalized spacial score (nSPS) is 17.5. The Balaban J connectivity index is 1.40. The average Bonchev–Trinajstić information content (AvgIpc) is 3.50. The highest BCUT2D eigenvalue weighted by Gasteiger charge is 2.36. The van der Waals surface area contributed by atoms with Crippen molar-refractivity contribution < 1.29 is 14.3 Å². The van der Waals surface area contributed by atoms with Crippen LogP contribution in [-0.4, -0.2) is 35.2 Å². The molecule has 1 saturated heterocycles. The molecule has 0 aliphatic carbocycles. The van der Waals surface area contributed by atoms with E-state index in [1.54, 1.807) is 23.8 Å². The molecule has 2 aromatic carbocycles. The molecule has 32 heavy (non-hydrogen) atoms. The first-order valence-corrected chi connectivity index (χ1v) is 11.7. The van der Waals surface area contributed by atoms with E-state index in [-0.39, 0.29) is 18.2 Å². The Morgan fingerprint density at radius 2 is 2.03 bits per heavy atom. The van der Waals surface area contributed by atoms with Crippen molar-refractivity contribution in [2.45, 2.75) is 24.9 Å². The Bertz CT molecular complexity index is 1210. The SMILES string of the molecule is COc1cccc(N2CC(C(=O)Nc3c4c(nn3-c3ccccc3C)CSC4)CC2=O)c1. The van der Waals surface area contributed by atoms with Gasteiger partial charge >= 0.3 is 0 Å². The van der Waals surface area contributed by atoms with Crippen LogP contribution in [0.25, 0.3) is 5.69 Å². The van der Waals surface area contributed by atoms with E-state index in [1.165, 1.54) is 0 Å². The first-order valence-electron chi connectivity index (χ1n) is 10.5. The highest BCUT2D eigenvalue weighted by atomic mass is 32.2. The van der Waals surface area contributed by atoms with Gasteiger partial charge in [0, 0.05) is 41.8 Å². The second-order valence-electron chi connectivity index (χ2n) is 8.06. The van der Waals surface area contributed by atoms with Crippen LogP contribution in [0.5, 0.6) is 5.75 Å². The Kier molecular flexibility index (Phi) is 5.38. The average molecular weight is 449 g/mol. The third-order valence-corrected chi connectivity index (χ3v) is 6.97. The zero-order chi connectivity index (χ0) is 22.2. The Morgan fingerprint density at radius 1 is 1.19 bits per heavy atom. The van der Waals surface area contributed by atoms with E-state index in [9.17, 15) is 9.59 Å². The highest BCUT2D eigenvalue weighted by Crippen LogP contribution is 2.37. The van der Waals surface area contributed by atoms with E-state index in [4.69, 9.17) is 9.84 Å². The van der Waals surface area contributed by atoms with E-state index in [0.717, 1.165) is 45.5 Å². The quantitative estimate of drug-likeness (QED) is 0.640. The van der Waals surface area contributed by atoms with E-state index < -0.39 is 5.92 Å². The zero-order valence-corrected chi connectivity index (χ0v) is 18.8. The second kappa shape index (κ2) is 8.35. The number of hydrogen-bond acceptors (Lipinski definition) is 5. The summed E-state index contributed by atoms with van der Waals surface area (Å²) in [5.74, 6) is 2.40. The Morgan fingerprint density at radius 3 is 2.84 bits per heavy atom. The van der Waals surface area contributed by atoms with Crippen molar-refractivity contribution in [3.05, 3.63) is 65.4 Å². The van der Waals surface area contributed by atoms with E-state index in [0.29, 0.717) is 12.3 Å². The number of aromatic nitrogens is 2. The van der Waals surface area contributed by atoms with Crippen molar-refractivity contribution >= 4 is 35.1 Å². The molecule has 0 saturated carbocycles. The van der Waals surface area contributed by atoms with Gasteiger partial charge in [0.05, 0.1) is 24.4 Å². The monoisotopic (exact) mass is 448 g/mol. The highest BCUT2D eigenvalue weighted by molar-refractivity contribution is 7.98. The number of carbonyl (C=O) groups is 2. The number of nitrogens with one attached hydrogen (secondary N) is 1. The van der Waals surface area contributed by atoms with Crippen molar-refractivity contribution in [2.75, 3.05) is 23.9 Å². The molecule has 1 fully saturated rings. The summed E-state index contributed by atoms with van der Waals surface area (Å²) in [7, 11) is 1.59. The minimum absolute atomic E-state index is 0.0633. The molecule has 2 aliphatic heterocycles. The van der Waals surface area contributed by atoms with Crippen LogP contribution < -0.4 is 15.0 Å². The number of thioether (sulfide) groups is 1. The number of methoxy groups -OCH3 is 1. The molecule has 2 amide bonds. The molecule has 1 N–H and O–H groups in total. The molecule has 1 unspecified atom stereocenters. The van der Waals surface area contributed by atoms with Crippen molar-refractivity contribution in [1.29, 1.82) is 0 Å². The first kappa shape index (κ1) is 20.6. The third-order valence-electron chi connectivity index (χ3n) is 6.00. The van der Waals surface area contributed by atoms with Crippen LogP contribution in [0.3, 0.4) is 0 Å². The van der Waals surface area contributed by atoms with Crippen molar-refractivity contribution in [1.82, 2.24) is 9.78 Å². The lowest BCUT2D eigenvalue weighted by molar-refractivity contribution is -0.122. The van der Waals surface area contributed by atoms with Gasteiger partial charge in [-0.25, -0.2) is 4.68 Å². The van der Waals surface area contributed by atoms with Crippen molar-refractivity contribution in [2.24, 2.45) is 5.92 Å². The fourth-order valence-electron chi connectivity index (χ4n) is 4.25. The van der Waals surface area contributed by atoms with Crippen molar-refractivity contribution in [3.8, 4) is 11.4 Å². The summed E-state index contributed by atoms with van der Waals surface area (Å²) in [6, 6.07) is 15.3. The summed E-state index contributed by atoms with van der Waals surface area (Å²) >= 11 is 1.79. The summed E-state index contributed by atoms with van der Waals surface area (Å²) in [5, 5.41) is 7.91. The van der Waals surface area contributed by atoms with Gasteiger partial charge in [-0.05, 0) is 30.7 Å². The van der Waals surface area contributed by atoms with Crippen LogP contribution in [-0.2, 0) is 21.1 Å². The molecule has 7 nitrogen and oxygen atoms in total. The smallest absolute Gasteiger partial charge is 0.230 e. The molecule has 0 bridgehead atoms. The lowest BCUT2D eigenvalue weighted by Gasteiger charge is -2.18. The summed E-state index contributed by atoms with van der Waals surface area (Å²) in [6.45, 7) is 2.37. The number of nitrogens with zero attached hydrogens (tertiary/aromatic N) is 3. The summed E-state index contributed by atoms with van der Waals surface area (Å²) in [4.78, 5) is 27.6. The second-order valence-corrected chi connectivity index (χ2v) is 9.05. The van der Waals surface area contributed by atoms with Gasteiger partial charge < -0.3 is 15.0 Å². The number of para-hydroxylation sites is 1. The molecule has 2 aliphatic rings. The van der Waals surface area contributed by atoms with Gasteiger partial charge in [0.2, 0.25) is 11.8 Å². The third kappa shape index (κ3) is 3.64. The standard InChI is InChI=1S/C24H24N4O3S/c1-15-6-3-4-9-21(15)28-23(19-13-32-14-20(19)26-28)25-24(30)16-10-22(29)27(12-16)17-7-5-8-18(11-17)31-2/h3-9,11,16H,10,12-14H2,1-2H3,(H,25,30). The van der Waals surface area contributed by atoms with Crippen LogP contribution in [0.1, 0.15) is 23.2 Å². The molecular formula is C24H24N4O3S. The predicted octanol–water partition coefficient (Wildman–Crippen LogP) is 3.93. The van der Waals surface area contributed by atoms with Gasteiger partial charge in [0.15, 0.2) is 0 Å². The van der Waals surface area contributed by atoms with E-state index >= 15 is 0 Å². The predicted molar refractivity (Wildman–Crippen MR) is 125 cm³/mol. The number of hydrogen-bond donors (Lipinski definition) is 1. The lowest BCUT2D eigenvalue weighted by Crippen LogP contribution is -2.29. The van der Waals surface area contributed by atoms with Gasteiger partial charge in [-0.15, -0.1) is 0 Å². The molecular weight excluding hydrogens is 424 g/mol. The lowest BCUT2D eigenvalue weighted by atomic mass is 10.1. The van der Waals surface area contributed by atoms with Crippen LogP contribution in [0.2, 0.25) is 0 Å². The minimum atomic E-state index is -0.432. The Labute approximate surface area is 190 Å². The number of ether oxygens (including phenoxy) is 1. The van der Waals surface area contributed by atoms with Gasteiger partial charge in [-0.1, -0.05) is 24.3 Å². The largest absolute Gasteiger partial charge is 0.497 e. The maximum absolute atomic E-state index is 13.3. The van der Waals surface area contributed by atoms with Gasteiger partial charge in [-0.2, -0.15) is 16.9 Å². The van der Waals surface area contributed by atoms with Crippen LogP contribution in [0.4, 0.5) is 11.5 Å². The van der Waals surface area contributed by atoms with E-state index in [1.807, 2.05) is 60.1 Å². The maximum Gasteiger partial charge on any atom is 0.230 e. The topological polar surface area (TPSA) is 76.5 Å². The van der Waals surface area contributed by atoms with Crippen LogP contribution >= 0.6 is 11.8 Å². The summed E-state index contributed by atoms with van der Waals surface area (Å²) in [6.07, 6.45) is 0.179. The molecule has 1 aromatic heterocycles. The summed E-state index contributed by atoms with van der Waals surface area (Å²) in [5.41, 5.74) is 4.85. The molecule has 3 heterocycles. The number of aryl methyl sites for hydroxylation is 1. The first-order chi connectivity index (χ1) is 15.5. The maximum atomic E-state index is 13.3. The van der Waals surface area contributed by atoms with Crippen molar-refractivity contribution in [3.63, 3.8) is 0 Å². The minimum Gasteiger partial charge on any atom is -0.497 e. The number of anilines is 2. The number of benzene rings is 2. The van der Waals surface area contributed by atoms with Crippen LogP contribution in [0.15, 0.2) is 48.5 Å². The van der Waals surface area contributed by atoms with Gasteiger partial charge in [0.1, 0.15) is 11.6 Å². The van der Waals surface area contributed by atoms with Gasteiger partial charge in [-0.3, -0.25) is 9.59 Å². The zero-order valence-electron chi connectivity index (χ0n) is 18.0. The molecule has 0 spiro atoms. The van der Waals surface area contributed by atoms with Crippen LogP contribution in [0, 0.1) is 12.8 Å². The molecule has 1 atom stereocenters.